The number of nitrogens with zero attached hydrogens (tertiary/aromatic N) is 3. The quantitative estimate of drug-likeness (QED) is 0.616. The Morgan fingerprint density at radius 1 is 1.36 bits per heavy atom. The van der Waals surface area contributed by atoms with Gasteiger partial charge >= 0.3 is 0 Å². The Morgan fingerprint density at radius 3 is 2.73 bits per heavy atom. The first-order chi connectivity index (χ1) is 10.5. The van der Waals surface area contributed by atoms with Gasteiger partial charge in [-0.1, -0.05) is 13.8 Å². The number of anilines is 2. The van der Waals surface area contributed by atoms with Gasteiger partial charge < -0.3 is 15.1 Å². The second kappa shape index (κ2) is 7.22. The van der Waals surface area contributed by atoms with Gasteiger partial charge in [-0.15, -0.1) is 0 Å². The van der Waals surface area contributed by atoms with Crippen molar-refractivity contribution in [2.75, 3.05) is 42.9 Å². The number of carbonyl (C=O) groups is 1. The van der Waals surface area contributed by atoms with Crippen LogP contribution in [-0.4, -0.2) is 48.5 Å². The van der Waals surface area contributed by atoms with Crippen molar-refractivity contribution in [3.8, 4) is 0 Å². The average molecular weight is 306 g/mol. The zero-order valence-corrected chi connectivity index (χ0v) is 13.0. The smallest absolute Gasteiger partial charge is 0.271 e. The van der Waals surface area contributed by atoms with E-state index in [1.54, 1.807) is 6.07 Å². The first-order valence-electron chi connectivity index (χ1n) is 7.60. The molecule has 7 nitrogen and oxygen atoms in total. The fraction of sp³-hybridized carbons (Fsp3) is 0.533. The van der Waals surface area contributed by atoms with E-state index in [1.807, 2.05) is 4.90 Å². The molecule has 0 unspecified atom stereocenters. The number of non-ortho nitro benzene ring substituents is 1. The van der Waals surface area contributed by atoms with Crippen molar-refractivity contribution in [2.24, 2.45) is 0 Å². The van der Waals surface area contributed by atoms with Crippen LogP contribution in [0.15, 0.2) is 18.2 Å². The second-order valence-electron chi connectivity index (χ2n) is 5.31. The third-order valence-electron chi connectivity index (χ3n) is 3.94. The van der Waals surface area contributed by atoms with Crippen molar-refractivity contribution in [1.29, 1.82) is 0 Å². The van der Waals surface area contributed by atoms with Gasteiger partial charge in [-0.05, 0) is 32.1 Å². The highest BCUT2D eigenvalue weighted by molar-refractivity contribution is 6.01. The fourth-order valence-electron chi connectivity index (χ4n) is 2.69. The molecule has 0 saturated carbocycles. The van der Waals surface area contributed by atoms with E-state index in [-0.39, 0.29) is 11.6 Å². The number of amides is 1. The summed E-state index contributed by atoms with van der Waals surface area (Å²) in [4.78, 5) is 26.5. The van der Waals surface area contributed by atoms with E-state index in [4.69, 9.17) is 0 Å². The Bertz CT molecular complexity index is 558. The zero-order valence-electron chi connectivity index (χ0n) is 13.0. The number of carbonyl (C=O) groups excluding carboxylic acids is 1. The molecule has 2 rings (SSSR count). The first kappa shape index (κ1) is 16.2. The third kappa shape index (κ3) is 3.73. The van der Waals surface area contributed by atoms with Crippen LogP contribution in [0.3, 0.4) is 0 Å². The summed E-state index contributed by atoms with van der Waals surface area (Å²) in [7, 11) is 0. The van der Waals surface area contributed by atoms with Gasteiger partial charge in [-0.25, -0.2) is 0 Å². The number of rotatable bonds is 7. The number of nitro benzene ring substituents is 1. The number of nitrogens with one attached hydrogen (secondary N) is 1. The van der Waals surface area contributed by atoms with Gasteiger partial charge in [0.1, 0.15) is 0 Å². The van der Waals surface area contributed by atoms with Crippen molar-refractivity contribution in [3.63, 3.8) is 0 Å². The standard InChI is InChI=1S/C15H22N4O3/c1-3-17(4-2)8-5-9-18-11-15(20)16-13-10-12(19(21)22)6-7-14(13)18/h6-7,10H,3-5,8-9,11H2,1-2H3,(H,16,20). The minimum Gasteiger partial charge on any atom is -0.360 e. The molecule has 1 aromatic carbocycles. The van der Waals surface area contributed by atoms with Gasteiger partial charge in [0.2, 0.25) is 5.91 Å². The van der Waals surface area contributed by atoms with Crippen molar-refractivity contribution >= 4 is 23.0 Å². The zero-order chi connectivity index (χ0) is 16.1. The van der Waals surface area contributed by atoms with Gasteiger partial charge in [0.25, 0.3) is 5.69 Å². The molecule has 1 N–H and O–H groups in total. The van der Waals surface area contributed by atoms with Gasteiger partial charge in [-0.3, -0.25) is 14.9 Å². The largest absolute Gasteiger partial charge is 0.360 e. The summed E-state index contributed by atoms with van der Waals surface area (Å²) in [6.45, 7) is 8.32. The highest BCUT2D eigenvalue weighted by atomic mass is 16.6. The number of benzene rings is 1. The first-order valence-corrected chi connectivity index (χ1v) is 7.60. The molecule has 0 fully saturated rings. The van der Waals surface area contributed by atoms with Crippen molar-refractivity contribution < 1.29 is 9.72 Å². The lowest BCUT2D eigenvalue weighted by atomic mass is 10.1. The highest BCUT2D eigenvalue weighted by Crippen LogP contribution is 2.32. The Labute approximate surface area is 130 Å². The predicted molar refractivity (Wildman–Crippen MR) is 86.3 cm³/mol. The van der Waals surface area contributed by atoms with E-state index in [0.717, 1.165) is 38.3 Å². The number of hydrogen-bond acceptors (Lipinski definition) is 5. The van der Waals surface area contributed by atoms with Crippen molar-refractivity contribution in [2.45, 2.75) is 20.3 Å². The third-order valence-corrected chi connectivity index (χ3v) is 3.94. The maximum Gasteiger partial charge on any atom is 0.271 e. The summed E-state index contributed by atoms with van der Waals surface area (Å²) >= 11 is 0. The summed E-state index contributed by atoms with van der Waals surface area (Å²) in [6, 6.07) is 4.61. The molecule has 1 aromatic rings. The van der Waals surface area contributed by atoms with Crippen LogP contribution in [0.25, 0.3) is 0 Å². The summed E-state index contributed by atoms with van der Waals surface area (Å²) in [5.41, 5.74) is 1.36. The van der Waals surface area contributed by atoms with E-state index in [9.17, 15) is 14.9 Å². The van der Waals surface area contributed by atoms with Gasteiger partial charge in [0, 0.05) is 18.7 Å². The molecule has 120 valence electrons. The Kier molecular flexibility index (Phi) is 5.32. The Morgan fingerprint density at radius 2 is 2.09 bits per heavy atom. The molecule has 0 saturated heterocycles. The maximum absolute atomic E-state index is 11.8. The lowest BCUT2D eigenvalue weighted by molar-refractivity contribution is -0.384. The van der Waals surface area contributed by atoms with E-state index < -0.39 is 4.92 Å². The van der Waals surface area contributed by atoms with Crippen LogP contribution in [0.2, 0.25) is 0 Å². The molecule has 0 aromatic heterocycles. The van der Waals surface area contributed by atoms with Crippen LogP contribution in [0.1, 0.15) is 20.3 Å². The van der Waals surface area contributed by atoms with Gasteiger partial charge in [-0.2, -0.15) is 0 Å². The maximum atomic E-state index is 11.8. The minimum absolute atomic E-state index is 0.0101. The lowest BCUT2D eigenvalue weighted by Crippen LogP contribution is -2.39. The molecule has 7 heteroatoms. The molecule has 1 aliphatic heterocycles. The monoisotopic (exact) mass is 306 g/mol. The molecule has 0 radical (unpaired) electrons. The van der Waals surface area contributed by atoms with Crippen LogP contribution >= 0.6 is 0 Å². The number of nitro groups is 1. The topological polar surface area (TPSA) is 78.7 Å². The molecule has 0 spiro atoms. The fourth-order valence-corrected chi connectivity index (χ4v) is 2.69. The molecular weight excluding hydrogens is 284 g/mol. The Hall–Kier alpha value is -2.15. The molecule has 0 aliphatic carbocycles. The summed E-state index contributed by atoms with van der Waals surface area (Å²) in [5, 5.41) is 13.5. The number of hydrogen-bond donors (Lipinski definition) is 1. The van der Waals surface area contributed by atoms with E-state index in [1.165, 1.54) is 12.1 Å². The van der Waals surface area contributed by atoms with Crippen LogP contribution in [0.4, 0.5) is 17.1 Å². The van der Waals surface area contributed by atoms with Crippen LogP contribution in [-0.2, 0) is 4.79 Å². The lowest BCUT2D eigenvalue weighted by Gasteiger charge is -2.31. The molecule has 1 aliphatic rings. The minimum atomic E-state index is -0.453. The van der Waals surface area contributed by atoms with E-state index in [2.05, 4.69) is 24.1 Å². The van der Waals surface area contributed by atoms with E-state index >= 15 is 0 Å². The van der Waals surface area contributed by atoms with Crippen LogP contribution in [0.5, 0.6) is 0 Å². The second-order valence-corrected chi connectivity index (χ2v) is 5.31. The SMILES string of the molecule is CCN(CC)CCCN1CC(=O)Nc2cc([N+](=O)[O-])ccc21. The summed E-state index contributed by atoms with van der Waals surface area (Å²) < 4.78 is 0. The predicted octanol–water partition coefficient (Wildman–Crippen LogP) is 2.09. The highest BCUT2D eigenvalue weighted by Gasteiger charge is 2.23. The van der Waals surface area contributed by atoms with Crippen LogP contribution in [0, 0.1) is 10.1 Å². The van der Waals surface area contributed by atoms with Crippen molar-refractivity contribution in [1.82, 2.24) is 4.90 Å². The molecule has 0 bridgehead atoms. The molecular formula is C15H22N4O3. The van der Waals surface area contributed by atoms with Gasteiger partial charge in [0.15, 0.2) is 0 Å². The number of fused-ring (bicyclic) bond motifs is 1. The van der Waals surface area contributed by atoms with Crippen LogP contribution < -0.4 is 10.2 Å². The molecule has 1 heterocycles. The molecule has 22 heavy (non-hydrogen) atoms. The summed E-state index contributed by atoms with van der Waals surface area (Å²) in [6.07, 6.45) is 0.950. The normalized spacial score (nSPS) is 14.0. The van der Waals surface area contributed by atoms with Crippen molar-refractivity contribution in [3.05, 3.63) is 28.3 Å². The average Bonchev–Trinajstić information content (AvgIpc) is 2.50. The molecule has 0 atom stereocenters. The Balaban J connectivity index is 2.08. The van der Waals surface area contributed by atoms with E-state index in [0.29, 0.717) is 12.2 Å². The summed E-state index contributed by atoms with van der Waals surface area (Å²) in [5.74, 6) is -0.129. The van der Waals surface area contributed by atoms with Gasteiger partial charge in [0.05, 0.1) is 22.8 Å². The molecule has 1 amide bonds.